The highest BCUT2D eigenvalue weighted by atomic mass is 15.2. The Morgan fingerprint density at radius 2 is 1.19 bits per heavy atom. The molecule has 31 heavy (non-hydrogen) atoms. The molecule has 3 saturated heterocycles. The highest BCUT2D eigenvalue weighted by molar-refractivity contribution is 4.97. The highest BCUT2D eigenvalue weighted by Gasteiger charge is 2.45. The van der Waals surface area contributed by atoms with E-state index in [1.54, 1.807) is 0 Å². The van der Waals surface area contributed by atoms with Gasteiger partial charge in [0.1, 0.15) is 0 Å². The van der Waals surface area contributed by atoms with E-state index in [2.05, 4.69) is 49.3 Å². The van der Waals surface area contributed by atoms with Crippen LogP contribution in [0.25, 0.3) is 0 Å². The van der Waals surface area contributed by atoms with Crippen molar-refractivity contribution in [2.45, 2.75) is 98.4 Å². The molecule has 4 aliphatic rings. The van der Waals surface area contributed by atoms with Crippen LogP contribution in [0.15, 0.2) is 0 Å². The summed E-state index contributed by atoms with van der Waals surface area (Å²) in [5.74, 6) is 2.88. The SMILES string of the molecule is CC(C)CC1(CN2CCC(C)(CN3CCC(C4CCN(C(C)C)CC4)CC3)CC2)CC1. The van der Waals surface area contributed by atoms with Gasteiger partial charge in [-0.15, -0.1) is 0 Å². The molecule has 1 saturated carbocycles. The van der Waals surface area contributed by atoms with E-state index in [1.807, 2.05) is 0 Å². The van der Waals surface area contributed by atoms with Gasteiger partial charge in [-0.2, -0.15) is 0 Å². The van der Waals surface area contributed by atoms with Crippen LogP contribution in [0.3, 0.4) is 0 Å². The first-order valence-corrected chi connectivity index (χ1v) is 13.9. The fourth-order valence-electron chi connectivity index (χ4n) is 7.38. The summed E-state index contributed by atoms with van der Waals surface area (Å²) < 4.78 is 0. The van der Waals surface area contributed by atoms with Crippen LogP contribution < -0.4 is 0 Å². The first kappa shape index (κ1) is 24.0. The largest absolute Gasteiger partial charge is 0.303 e. The standard InChI is InChI=1S/C28H53N3/c1-23(2)20-28(10-11-28)22-30-18-12-27(5,13-19-30)21-29-14-6-25(7-15-29)26-8-16-31(17-9-26)24(3)4/h23-26H,6-22H2,1-5H3. The molecule has 4 rings (SSSR count). The zero-order chi connectivity index (χ0) is 22.1. The summed E-state index contributed by atoms with van der Waals surface area (Å²) >= 11 is 0. The number of hydrogen-bond acceptors (Lipinski definition) is 3. The normalized spacial score (nSPS) is 29.1. The highest BCUT2D eigenvalue weighted by Crippen LogP contribution is 2.51. The number of likely N-dealkylation sites (tertiary alicyclic amines) is 3. The van der Waals surface area contributed by atoms with Gasteiger partial charge in [0, 0.05) is 19.1 Å². The lowest BCUT2D eigenvalue weighted by Crippen LogP contribution is -2.48. The van der Waals surface area contributed by atoms with Gasteiger partial charge in [-0.05, 0) is 139 Å². The Morgan fingerprint density at radius 1 is 0.677 bits per heavy atom. The molecule has 0 radical (unpaired) electrons. The molecule has 3 heteroatoms. The summed E-state index contributed by atoms with van der Waals surface area (Å²) in [6.45, 7) is 23.0. The van der Waals surface area contributed by atoms with Crippen molar-refractivity contribution in [1.29, 1.82) is 0 Å². The summed E-state index contributed by atoms with van der Waals surface area (Å²) in [7, 11) is 0. The van der Waals surface area contributed by atoms with E-state index in [0.717, 1.165) is 23.8 Å². The molecule has 0 aromatic heterocycles. The number of rotatable bonds is 8. The van der Waals surface area contributed by atoms with Crippen molar-refractivity contribution < 1.29 is 0 Å². The molecule has 180 valence electrons. The molecule has 3 heterocycles. The van der Waals surface area contributed by atoms with E-state index in [9.17, 15) is 0 Å². The maximum absolute atomic E-state index is 2.84. The fourth-order valence-corrected chi connectivity index (χ4v) is 7.38. The average Bonchev–Trinajstić information content (AvgIpc) is 3.48. The van der Waals surface area contributed by atoms with Crippen molar-refractivity contribution in [3.63, 3.8) is 0 Å². The molecule has 0 spiro atoms. The lowest BCUT2D eigenvalue weighted by Gasteiger charge is -2.46. The van der Waals surface area contributed by atoms with Gasteiger partial charge < -0.3 is 14.7 Å². The third-order valence-corrected chi connectivity index (χ3v) is 9.63. The number of piperidine rings is 3. The topological polar surface area (TPSA) is 9.72 Å². The second-order valence-electron chi connectivity index (χ2n) is 13.3. The molecule has 3 aliphatic heterocycles. The van der Waals surface area contributed by atoms with Gasteiger partial charge in [0.2, 0.25) is 0 Å². The van der Waals surface area contributed by atoms with Crippen molar-refractivity contribution in [3.8, 4) is 0 Å². The fraction of sp³-hybridized carbons (Fsp3) is 1.00. The van der Waals surface area contributed by atoms with E-state index in [1.165, 1.54) is 110 Å². The van der Waals surface area contributed by atoms with Crippen LogP contribution in [0.1, 0.15) is 92.4 Å². The molecular formula is C28H53N3. The molecule has 0 N–H and O–H groups in total. The van der Waals surface area contributed by atoms with Crippen LogP contribution >= 0.6 is 0 Å². The Bertz CT molecular complexity index is 543. The molecule has 0 amide bonds. The monoisotopic (exact) mass is 431 g/mol. The second-order valence-corrected chi connectivity index (χ2v) is 13.3. The summed E-state index contributed by atoms with van der Waals surface area (Å²) in [5.41, 5.74) is 1.26. The van der Waals surface area contributed by atoms with Crippen LogP contribution in [-0.4, -0.2) is 73.1 Å². The molecule has 4 fully saturated rings. The van der Waals surface area contributed by atoms with E-state index < -0.39 is 0 Å². The first-order chi connectivity index (χ1) is 14.8. The Hall–Kier alpha value is -0.120. The summed E-state index contributed by atoms with van der Waals surface area (Å²) in [6, 6.07) is 0.736. The van der Waals surface area contributed by atoms with Gasteiger partial charge in [-0.25, -0.2) is 0 Å². The average molecular weight is 432 g/mol. The van der Waals surface area contributed by atoms with Gasteiger partial charge >= 0.3 is 0 Å². The van der Waals surface area contributed by atoms with Gasteiger partial charge in [-0.1, -0.05) is 20.8 Å². The molecule has 3 nitrogen and oxygen atoms in total. The predicted molar refractivity (Wildman–Crippen MR) is 134 cm³/mol. The van der Waals surface area contributed by atoms with Crippen molar-refractivity contribution in [2.24, 2.45) is 28.6 Å². The van der Waals surface area contributed by atoms with Crippen LogP contribution in [0.5, 0.6) is 0 Å². The number of hydrogen-bond donors (Lipinski definition) is 0. The minimum Gasteiger partial charge on any atom is -0.303 e. The van der Waals surface area contributed by atoms with Crippen LogP contribution in [-0.2, 0) is 0 Å². The van der Waals surface area contributed by atoms with E-state index >= 15 is 0 Å². The maximum Gasteiger partial charge on any atom is 0.00385 e. The van der Waals surface area contributed by atoms with E-state index in [0.29, 0.717) is 10.8 Å². The van der Waals surface area contributed by atoms with Crippen LogP contribution in [0, 0.1) is 28.6 Å². The Kier molecular flexibility index (Phi) is 7.76. The summed E-state index contributed by atoms with van der Waals surface area (Å²) in [6.07, 6.45) is 13.1. The third kappa shape index (κ3) is 6.48. The summed E-state index contributed by atoms with van der Waals surface area (Å²) in [4.78, 5) is 8.36. The van der Waals surface area contributed by atoms with Crippen LogP contribution in [0.2, 0.25) is 0 Å². The van der Waals surface area contributed by atoms with Gasteiger partial charge in [0.05, 0.1) is 0 Å². The smallest absolute Gasteiger partial charge is 0.00385 e. The predicted octanol–water partition coefficient (Wildman–Crippen LogP) is 5.75. The third-order valence-electron chi connectivity index (χ3n) is 9.63. The minimum absolute atomic E-state index is 0.556. The van der Waals surface area contributed by atoms with E-state index in [-0.39, 0.29) is 0 Å². The quantitative estimate of drug-likeness (QED) is 0.485. The molecular weight excluding hydrogens is 378 g/mol. The Labute approximate surface area is 194 Å². The lowest BCUT2D eigenvalue weighted by molar-refractivity contribution is 0.0367. The minimum atomic E-state index is 0.556. The summed E-state index contributed by atoms with van der Waals surface area (Å²) in [5, 5.41) is 0. The molecule has 0 unspecified atom stereocenters. The van der Waals surface area contributed by atoms with Crippen molar-refractivity contribution in [3.05, 3.63) is 0 Å². The Balaban J connectivity index is 1.16. The molecule has 0 atom stereocenters. The van der Waals surface area contributed by atoms with Gasteiger partial charge in [0.25, 0.3) is 0 Å². The molecule has 0 aromatic rings. The second kappa shape index (κ2) is 10.0. The van der Waals surface area contributed by atoms with Gasteiger partial charge in [0.15, 0.2) is 0 Å². The van der Waals surface area contributed by atoms with Gasteiger partial charge in [-0.3, -0.25) is 0 Å². The first-order valence-electron chi connectivity index (χ1n) is 13.9. The van der Waals surface area contributed by atoms with Crippen molar-refractivity contribution in [1.82, 2.24) is 14.7 Å². The molecule has 0 aromatic carbocycles. The van der Waals surface area contributed by atoms with Crippen LogP contribution in [0.4, 0.5) is 0 Å². The van der Waals surface area contributed by atoms with E-state index in [4.69, 9.17) is 0 Å². The molecule has 0 bridgehead atoms. The zero-order valence-electron chi connectivity index (χ0n) is 21.7. The Morgan fingerprint density at radius 3 is 1.68 bits per heavy atom. The van der Waals surface area contributed by atoms with Crippen molar-refractivity contribution >= 4 is 0 Å². The zero-order valence-corrected chi connectivity index (χ0v) is 21.7. The maximum atomic E-state index is 2.84. The lowest BCUT2D eigenvalue weighted by atomic mass is 9.76. The molecule has 1 aliphatic carbocycles. The number of nitrogens with zero attached hydrogens (tertiary/aromatic N) is 3. The van der Waals surface area contributed by atoms with Crippen molar-refractivity contribution in [2.75, 3.05) is 52.4 Å².